The first kappa shape index (κ1) is 12.6. The molecule has 92 valence electrons. The van der Waals surface area contributed by atoms with Crippen LogP contribution in [-0.4, -0.2) is 26.5 Å². The molecule has 0 saturated carbocycles. The lowest BCUT2D eigenvalue weighted by molar-refractivity contribution is 0.111. The summed E-state index contributed by atoms with van der Waals surface area (Å²) in [6, 6.07) is 4.15. The van der Waals surface area contributed by atoms with E-state index in [0.29, 0.717) is 5.69 Å². The average molecular weight is 241 g/mol. The second-order valence-corrected chi connectivity index (χ2v) is 2.82. The Labute approximate surface area is 97.0 Å². The molecule has 0 radical (unpaired) electrons. The molecule has 0 aromatic heterocycles. The minimum Gasteiger partial charge on any atom is -0.437 e. The Hall–Kier alpha value is -2.44. The summed E-state index contributed by atoms with van der Waals surface area (Å²) in [5, 5.41) is 0. The number of hydrogen-bond acceptors (Lipinski definition) is 7. The van der Waals surface area contributed by atoms with Gasteiger partial charge in [0.15, 0.2) is 11.5 Å². The van der Waals surface area contributed by atoms with Gasteiger partial charge in [-0.15, -0.1) is 0 Å². The van der Waals surface area contributed by atoms with E-state index in [4.69, 9.17) is 15.2 Å². The third-order valence-corrected chi connectivity index (χ3v) is 1.69. The fraction of sp³-hybridized carbons (Fsp3) is 0.200. The Kier molecular flexibility index (Phi) is 4.15. The van der Waals surface area contributed by atoms with Gasteiger partial charge in [-0.05, 0) is 12.1 Å². The third kappa shape index (κ3) is 3.56. The number of benzene rings is 1. The van der Waals surface area contributed by atoms with E-state index in [1.807, 2.05) is 0 Å². The molecule has 17 heavy (non-hydrogen) atoms. The quantitative estimate of drug-likeness (QED) is 0.476. The van der Waals surface area contributed by atoms with Crippen LogP contribution in [0, 0.1) is 0 Å². The number of carbonyl (C=O) groups is 2. The Morgan fingerprint density at radius 2 is 1.53 bits per heavy atom. The monoisotopic (exact) mass is 241 g/mol. The molecule has 2 N–H and O–H groups in total. The van der Waals surface area contributed by atoms with Gasteiger partial charge in [0.05, 0.1) is 14.2 Å². The number of hydrogen-bond donors (Lipinski definition) is 1. The fourth-order valence-electron chi connectivity index (χ4n) is 0.952. The standard InChI is InChI=1S/C10H11NO6/c1-14-9(12)16-7-4-3-6(11)5-8(7)17-10(13)15-2/h3-5H,11H2,1-2H3. The van der Waals surface area contributed by atoms with Gasteiger partial charge in [-0.2, -0.15) is 0 Å². The highest BCUT2D eigenvalue weighted by atomic mass is 16.7. The van der Waals surface area contributed by atoms with Crippen molar-refractivity contribution in [2.75, 3.05) is 20.0 Å². The molecule has 7 nitrogen and oxygen atoms in total. The van der Waals surface area contributed by atoms with Crippen molar-refractivity contribution in [3.05, 3.63) is 18.2 Å². The van der Waals surface area contributed by atoms with Crippen LogP contribution in [0.1, 0.15) is 0 Å². The Morgan fingerprint density at radius 1 is 1.00 bits per heavy atom. The van der Waals surface area contributed by atoms with E-state index >= 15 is 0 Å². The van der Waals surface area contributed by atoms with Crippen LogP contribution in [0.15, 0.2) is 18.2 Å². The van der Waals surface area contributed by atoms with Crippen molar-refractivity contribution < 1.29 is 28.5 Å². The maximum Gasteiger partial charge on any atom is 0.513 e. The summed E-state index contributed by atoms with van der Waals surface area (Å²) < 4.78 is 18.1. The van der Waals surface area contributed by atoms with E-state index in [2.05, 4.69) is 9.47 Å². The second kappa shape index (κ2) is 5.59. The molecule has 0 aliphatic carbocycles. The molecule has 0 amide bonds. The Balaban J connectivity index is 2.95. The van der Waals surface area contributed by atoms with Crippen molar-refractivity contribution in [1.82, 2.24) is 0 Å². The highest BCUT2D eigenvalue weighted by Crippen LogP contribution is 2.30. The first-order chi connectivity index (χ1) is 8.06. The van der Waals surface area contributed by atoms with Crippen molar-refractivity contribution >= 4 is 18.0 Å². The van der Waals surface area contributed by atoms with E-state index in [1.165, 1.54) is 18.2 Å². The average Bonchev–Trinajstić information content (AvgIpc) is 2.32. The lowest BCUT2D eigenvalue weighted by Gasteiger charge is -2.09. The van der Waals surface area contributed by atoms with E-state index in [1.54, 1.807) is 0 Å². The highest BCUT2D eigenvalue weighted by molar-refractivity contribution is 5.70. The SMILES string of the molecule is COC(=O)Oc1ccc(N)cc1OC(=O)OC. The topological polar surface area (TPSA) is 97.1 Å². The lowest BCUT2D eigenvalue weighted by atomic mass is 10.3. The minimum absolute atomic E-state index is 0.00329. The molecule has 0 aliphatic rings. The van der Waals surface area contributed by atoms with Crippen LogP contribution < -0.4 is 15.2 Å². The number of methoxy groups -OCH3 is 2. The molecular formula is C10H11NO6. The molecule has 0 spiro atoms. The van der Waals surface area contributed by atoms with E-state index in [-0.39, 0.29) is 11.5 Å². The summed E-state index contributed by atoms with van der Waals surface area (Å²) in [5.41, 5.74) is 5.84. The van der Waals surface area contributed by atoms with Crippen LogP contribution in [0.2, 0.25) is 0 Å². The van der Waals surface area contributed by atoms with Crippen LogP contribution in [0.4, 0.5) is 15.3 Å². The number of anilines is 1. The molecule has 0 fully saturated rings. The van der Waals surface area contributed by atoms with Gasteiger partial charge in [0, 0.05) is 11.8 Å². The number of carbonyl (C=O) groups excluding carboxylic acids is 2. The summed E-state index contributed by atoms with van der Waals surface area (Å²) in [4.78, 5) is 21.9. The smallest absolute Gasteiger partial charge is 0.437 e. The summed E-state index contributed by atoms with van der Waals surface area (Å²) >= 11 is 0. The third-order valence-electron chi connectivity index (χ3n) is 1.69. The molecular weight excluding hydrogens is 230 g/mol. The van der Waals surface area contributed by atoms with E-state index in [0.717, 1.165) is 14.2 Å². The first-order valence-corrected chi connectivity index (χ1v) is 4.48. The number of ether oxygens (including phenoxy) is 4. The summed E-state index contributed by atoms with van der Waals surface area (Å²) in [5.74, 6) is -0.0429. The van der Waals surface area contributed by atoms with Gasteiger partial charge in [0.25, 0.3) is 0 Å². The normalized spacial score (nSPS) is 9.29. The van der Waals surface area contributed by atoms with Crippen molar-refractivity contribution in [3.8, 4) is 11.5 Å². The van der Waals surface area contributed by atoms with Gasteiger partial charge in [0.2, 0.25) is 0 Å². The van der Waals surface area contributed by atoms with Crippen LogP contribution in [-0.2, 0) is 9.47 Å². The molecule has 0 atom stereocenters. The molecule has 0 heterocycles. The molecule has 1 aromatic rings. The second-order valence-electron chi connectivity index (χ2n) is 2.82. The molecule has 1 rings (SSSR count). The molecule has 0 bridgehead atoms. The van der Waals surface area contributed by atoms with Crippen molar-refractivity contribution in [2.45, 2.75) is 0 Å². The van der Waals surface area contributed by atoms with Gasteiger partial charge in [-0.25, -0.2) is 9.59 Å². The number of nitrogen functional groups attached to an aromatic ring is 1. The van der Waals surface area contributed by atoms with Gasteiger partial charge in [-0.3, -0.25) is 0 Å². The predicted molar refractivity (Wildman–Crippen MR) is 56.9 cm³/mol. The van der Waals surface area contributed by atoms with E-state index < -0.39 is 12.3 Å². The predicted octanol–water partition coefficient (Wildman–Crippen LogP) is 1.56. The van der Waals surface area contributed by atoms with Crippen LogP contribution in [0.5, 0.6) is 11.5 Å². The van der Waals surface area contributed by atoms with Crippen LogP contribution >= 0.6 is 0 Å². The Morgan fingerprint density at radius 3 is 2.06 bits per heavy atom. The van der Waals surface area contributed by atoms with Gasteiger partial charge in [0.1, 0.15) is 0 Å². The first-order valence-electron chi connectivity index (χ1n) is 4.48. The zero-order valence-corrected chi connectivity index (χ0v) is 9.26. The number of nitrogens with two attached hydrogens (primary N) is 1. The molecule has 0 saturated heterocycles. The highest BCUT2D eigenvalue weighted by Gasteiger charge is 2.14. The van der Waals surface area contributed by atoms with Gasteiger partial charge in [-0.1, -0.05) is 0 Å². The molecule has 1 aromatic carbocycles. The van der Waals surface area contributed by atoms with Crippen LogP contribution in [0.3, 0.4) is 0 Å². The minimum atomic E-state index is -0.953. The van der Waals surface area contributed by atoms with Crippen LogP contribution in [0.25, 0.3) is 0 Å². The summed E-state index contributed by atoms with van der Waals surface area (Å²) in [7, 11) is 2.30. The largest absolute Gasteiger partial charge is 0.513 e. The van der Waals surface area contributed by atoms with E-state index in [9.17, 15) is 9.59 Å². The summed E-state index contributed by atoms with van der Waals surface area (Å²) in [6.07, 6.45) is -1.89. The molecule has 0 unspecified atom stereocenters. The van der Waals surface area contributed by atoms with Crippen molar-refractivity contribution in [3.63, 3.8) is 0 Å². The number of rotatable bonds is 2. The fourth-order valence-corrected chi connectivity index (χ4v) is 0.952. The summed E-state index contributed by atoms with van der Waals surface area (Å²) in [6.45, 7) is 0. The zero-order chi connectivity index (χ0) is 12.8. The van der Waals surface area contributed by atoms with Gasteiger partial charge < -0.3 is 24.7 Å². The maximum absolute atomic E-state index is 10.9. The molecule has 0 aliphatic heterocycles. The van der Waals surface area contributed by atoms with Crippen molar-refractivity contribution in [1.29, 1.82) is 0 Å². The van der Waals surface area contributed by atoms with Gasteiger partial charge >= 0.3 is 12.3 Å². The molecule has 7 heteroatoms. The Bertz CT molecular complexity index is 431. The lowest BCUT2D eigenvalue weighted by Crippen LogP contribution is -2.12. The maximum atomic E-state index is 10.9. The zero-order valence-electron chi connectivity index (χ0n) is 9.26. The van der Waals surface area contributed by atoms with Crippen molar-refractivity contribution in [2.24, 2.45) is 0 Å².